The van der Waals surface area contributed by atoms with E-state index in [0.29, 0.717) is 17.4 Å². The van der Waals surface area contributed by atoms with Gasteiger partial charge in [-0.25, -0.2) is 9.37 Å². The summed E-state index contributed by atoms with van der Waals surface area (Å²) in [6, 6.07) is 11.4. The molecule has 0 amide bonds. The van der Waals surface area contributed by atoms with Crippen molar-refractivity contribution in [1.29, 1.82) is 0 Å². The van der Waals surface area contributed by atoms with E-state index < -0.39 is 5.82 Å². The first-order valence-corrected chi connectivity index (χ1v) is 6.57. The number of aromatic nitrogens is 1. The maximum absolute atomic E-state index is 14.0. The highest BCUT2D eigenvalue weighted by Crippen LogP contribution is 2.23. The summed E-state index contributed by atoms with van der Waals surface area (Å²) in [5.41, 5.74) is 1.12. The standard InChI is InChI=1S/C15H16ClFN2/c1-11(2)19(10-12-6-4-3-5-7-12)15-14(17)8-13(16)9-18-15/h3-9,11H,10H2,1-2H3. The molecule has 2 nitrogen and oxygen atoms in total. The predicted octanol–water partition coefficient (Wildman–Crippen LogP) is 4.29. The number of hydrogen-bond donors (Lipinski definition) is 0. The third-order valence-corrected chi connectivity index (χ3v) is 3.09. The average Bonchev–Trinajstić information content (AvgIpc) is 2.38. The van der Waals surface area contributed by atoms with Crippen molar-refractivity contribution >= 4 is 17.4 Å². The van der Waals surface area contributed by atoms with Crippen molar-refractivity contribution in [2.45, 2.75) is 26.4 Å². The highest BCUT2D eigenvalue weighted by atomic mass is 35.5. The Labute approximate surface area is 117 Å². The van der Waals surface area contributed by atoms with E-state index in [4.69, 9.17) is 11.6 Å². The molecular weight excluding hydrogens is 263 g/mol. The Balaban J connectivity index is 2.30. The third kappa shape index (κ3) is 3.44. The van der Waals surface area contributed by atoms with Gasteiger partial charge in [0.05, 0.1) is 5.02 Å². The summed E-state index contributed by atoms with van der Waals surface area (Å²) >= 11 is 5.74. The fraction of sp³-hybridized carbons (Fsp3) is 0.267. The molecule has 0 unspecified atom stereocenters. The lowest BCUT2D eigenvalue weighted by Gasteiger charge is -2.28. The van der Waals surface area contributed by atoms with Crippen molar-refractivity contribution in [3.05, 3.63) is 59.0 Å². The van der Waals surface area contributed by atoms with Crippen molar-refractivity contribution in [2.24, 2.45) is 0 Å². The molecule has 0 aliphatic heterocycles. The Morgan fingerprint density at radius 1 is 1.26 bits per heavy atom. The smallest absolute Gasteiger partial charge is 0.167 e. The first-order chi connectivity index (χ1) is 9.08. The van der Waals surface area contributed by atoms with Crippen LogP contribution in [-0.2, 0) is 6.54 Å². The van der Waals surface area contributed by atoms with Crippen molar-refractivity contribution < 1.29 is 4.39 Å². The van der Waals surface area contributed by atoms with Crippen LogP contribution in [0.1, 0.15) is 19.4 Å². The Morgan fingerprint density at radius 3 is 2.53 bits per heavy atom. The largest absolute Gasteiger partial charge is 0.347 e. The summed E-state index contributed by atoms with van der Waals surface area (Å²) in [7, 11) is 0. The summed E-state index contributed by atoms with van der Waals surface area (Å²) in [4.78, 5) is 6.03. The van der Waals surface area contributed by atoms with E-state index in [1.807, 2.05) is 49.1 Å². The molecule has 0 bridgehead atoms. The minimum atomic E-state index is -0.392. The summed E-state index contributed by atoms with van der Waals surface area (Å²) in [5.74, 6) is -0.0552. The Morgan fingerprint density at radius 2 is 1.95 bits per heavy atom. The van der Waals surface area contributed by atoms with Crippen LogP contribution >= 0.6 is 11.6 Å². The zero-order chi connectivity index (χ0) is 13.8. The van der Waals surface area contributed by atoms with Gasteiger partial charge < -0.3 is 4.90 Å². The lowest BCUT2D eigenvalue weighted by Crippen LogP contribution is -2.31. The fourth-order valence-electron chi connectivity index (χ4n) is 1.90. The molecule has 0 saturated heterocycles. The van der Waals surface area contributed by atoms with Crippen molar-refractivity contribution in [3.8, 4) is 0 Å². The molecule has 0 fully saturated rings. The number of hydrogen-bond acceptors (Lipinski definition) is 2. The van der Waals surface area contributed by atoms with E-state index in [1.54, 1.807) is 0 Å². The molecule has 0 aliphatic rings. The second-order valence-electron chi connectivity index (χ2n) is 4.67. The topological polar surface area (TPSA) is 16.1 Å². The van der Waals surface area contributed by atoms with E-state index in [9.17, 15) is 4.39 Å². The van der Waals surface area contributed by atoms with Crippen LogP contribution in [0.25, 0.3) is 0 Å². The van der Waals surface area contributed by atoms with Gasteiger partial charge in [-0.15, -0.1) is 0 Å². The van der Waals surface area contributed by atoms with Gasteiger partial charge in [0.15, 0.2) is 11.6 Å². The maximum Gasteiger partial charge on any atom is 0.167 e. The second-order valence-corrected chi connectivity index (χ2v) is 5.10. The van der Waals surface area contributed by atoms with Gasteiger partial charge in [0.25, 0.3) is 0 Å². The normalized spacial score (nSPS) is 10.8. The van der Waals surface area contributed by atoms with Gasteiger partial charge in [-0.1, -0.05) is 41.9 Å². The number of pyridine rings is 1. The van der Waals surface area contributed by atoms with Crippen LogP contribution < -0.4 is 4.90 Å². The van der Waals surface area contributed by atoms with Crippen LogP contribution in [0.2, 0.25) is 5.02 Å². The van der Waals surface area contributed by atoms with E-state index in [-0.39, 0.29) is 6.04 Å². The molecule has 0 saturated carbocycles. The van der Waals surface area contributed by atoms with Crippen LogP contribution in [0.15, 0.2) is 42.6 Å². The molecule has 0 aliphatic carbocycles. The van der Waals surface area contributed by atoms with Gasteiger partial charge in [-0.2, -0.15) is 0 Å². The monoisotopic (exact) mass is 278 g/mol. The van der Waals surface area contributed by atoms with Crippen LogP contribution in [-0.4, -0.2) is 11.0 Å². The Kier molecular flexibility index (Phi) is 4.38. The van der Waals surface area contributed by atoms with Gasteiger partial charge in [0.1, 0.15) is 0 Å². The number of benzene rings is 1. The lowest BCUT2D eigenvalue weighted by molar-refractivity contribution is 0.588. The van der Waals surface area contributed by atoms with Crippen LogP contribution in [0.5, 0.6) is 0 Å². The first kappa shape index (κ1) is 13.8. The summed E-state index contributed by atoms with van der Waals surface area (Å²) in [6.45, 7) is 4.64. The second kappa shape index (κ2) is 6.02. The van der Waals surface area contributed by atoms with Gasteiger partial charge in [0, 0.05) is 18.8 Å². The molecular formula is C15H16ClFN2. The third-order valence-electron chi connectivity index (χ3n) is 2.88. The summed E-state index contributed by atoms with van der Waals surface area (Å²) in [6.07, 6.45) is 1.47. The molecule has 1 aromatic carbocycles. The molecule has 4 heteroatoms. The predicted molar refractivity (Wildman–Crippen MR) is 77.0 cm³/mol. The Hall–Kier alpha value is -1.61. The average molecular weight is 279 g/mol. The number of halogens is 2. The van der Waals surface area contributed by atoms with Gasteiger partial charge in [0.2, 0.25) is 0 Å². The molecule has 0 spiro atoms. The molecule has 2 rings (SSSR count). The zero-order valence-corrected chi connectivity index (χ0v) is 11.7. The SMILES string of the molecule is CC(C)N(Cc1ccccc1)c1ncc(Cl)cc1F. The van der Waals surface area contributed by atoms with Gasteiger partial charge in [-0.3, -0.25) is 0 Å². The zero-order valence-electron chi connectivity index (χ0n) is 11.0. The number of anilines is 1. The number of rotatable bonds is 4. The van der Waals surface area contributed by atoms with E-state index >= 15 is 0 Å². The highest BCUT2D eigenvalue weighted by Gasteiger charge is 2.17. The minimum Gasteiger partial charge on any atom is -0.347 e. The molecule has 0 radical (unpaired) electrons. The van der Waals surface area contributed by atoms with Crippen molar-refractivity contribution in [1.82, 2.24) is 4.98 Å². The summed E-state index contributed by atoms with van der Waals surface area (Å²) < 4.78 is 14.0. The minimum absolute atomic E-state index is 0.142. The molecule has 19 heavy (non-hydrogen) atoms. The van der Waals surface area contributed by atoms with E-state index in [2.05, 4.69) is 4.98 Å². The van der Waals surface area contributed by atoms with Crippen LogP contribution in [0.3, 0.4) is 0 Å². The lowest BCUT2D eigenvalue weighted by atomic mass is 10.2. The highest BCUT2D eigenvalue weighted by molar-refractivity contribution is 6.30. The quantitative estimate of drug-likeness (QED) is 0.829. The van der Waals surface area contributed by atoms with Crippen molar-refractivity contribution in [3.63, 3.8) is 0 Å². The molecule has 0 N–H and O–H groups in total. The molecule has 100 valence electrons. The van der Waals surface area contributed by atoms with E-state index in [1.165, 1.54) is 12.3 Å². The molecule has 1 aromatic heterocycles. The Bertz CT molecular complexity index is 543. The van der Waals surface area contributed by atoms with E-state index in [0.717, 1.165) is 5.56 Å². The first-order valence-electron chi connectivity index (χ1n) is 6.19. The summed E-state index contributed by atoms with van der Waals surface area (Å²) in [5, 5.41) is 0.310. The fourth-order valence-corrected chi connectivity index (χ4v) is 2.05. The number of nitrogens with zero attached hydrogens (tertiary/aromatic N) is 2. The van der Waals surface area contributed by atoms with Crippen molar-refractivity contribution in [2.75, 3.05) is 4.90 Å². The molecule has 0 atom stereocenters. The van der Waals surface area contributed by atoms with Crippen LogP contribution in [0.4, 0.5) is 10.2 Å². The van der Waals surface area contributed by atoms with Gasteiger partial charge >= 0.3 is 0 Å². The van der Waals surface area contributed by atoms with Crippen LogP contribution in [0, 0.1) is 5.82 Å². The molecule has 2 aromatic rings. The maximum atomic E-state index is 14.0. The van der Waals surface area contributed by atoms with Gasteiger partial charge in [-0.05, 0) is 25.5 Å². The molecule has 1 heterocycles.